The number of benzene rings is 4. The van der Waals surface area contributed by atoms with E-state index in [-0.39, 0.29) is 46.5 Å². The van der Waals surface area contributed by atoms with Crippen molar-refractivity contribution in [1.82, 2.24) is 0 Å². The summed E-state index contributed by atoms with van der Waals surface area (Å²) in [5.41, 5.74) is 25.3. The monoisotopic (exact) mass is 1200 g/mol. The van der Waals surface area contributed by atoms with Gasteiger partial charge in [0.1, 0.15) is 0 Å². The average Bonchev–Trinajstić information content (AvgIpc) is 3.97. The van der Waals surface area contributed by atoms with Gasteiger partial charge in [-0.05, 0) is 0 Å². The van der Waals surface area contributed by atoms with Crippen molar-refractivity contribution in [1.29, 1.82) is 0 Å². The molecular formula is C58H70Cl2Hf2. The van der Waals surface area contributed by atoms with Gasteiger partial charge >= 0.3 is 390 Å². The molecule has 8 rings (SSSR count). The Bertz CT molecular complexity index is 2370. The fourth-order valence-electron chi connectivity index (χ4n) is 9.73. The molecule has 0 radical (unpaired) electrons. The largest absolute Gasteiger partial charge is 1.00 e. The minimum atomic E-state index is -0.999. The molecule has 4 heteroatoms. The molecule has 0 heterocycles. The maximum atomic E-state index is 2.55. The van der Waals surface area contributed by atoms with Crippen LogP contribution in [0.1, 0.15) is 187 Å². The second kappa shape index (κ2) is 19.0. The fraction of sp³-hybridized carbons (Fsp3) is 0.414. The topological polar surface area (TPSA) is 0 Å². The van der Waals surface area contributed by atoms with Crippen molar-refractivity contribution < 1.29 is 69.7 Å². The van der Waals surface area contributed by atoms with Crippen LogP contribution in [0.15, 0.2) is 97.1 Å². The third kappa shape index (κ3) is 10.2. The Morgan fingerprint density at radius 2 is 0.790 bits per heavy atom. The molecule has 4 aromatic carbocycles. The zero-order valence-corrected chi connectivity index (χ0v) is 49.3. The molecule has 324 valence electrons. The van der Waals surface area contributed by atoms with Gasteiger partial charge in [0.05, 0.1) is 0 Å². The first kappa shape index (κ1) is 50.9. The van der Waals surface area contributed by atoms with Gasteiger partial charge in [0.2, 0.25) is 0 Å². The van der Waals surface area contributed by atoms with Gasteiger partial charge < -0.3 is 24.8 Å². The third-order valence-electron chi connectivity index (χ3n) is 12.8. The van der Waals surface area contributed by atoms with Crippen LogP contribution in [0.25, 0.3) is 33.4 Å². The molecule has 4 aliphatic carbocycles. The first-order valence-electron chi connectivity index (χ1n) is 22.5. The summed E-state index contributed by atoms with van der Waals surface area (Å²) >= 11 is -2.00. The Hall–Kier alpha value is -2.10. The van der Waals surface area contributed by atoms with Crippen LogP contribution in [0.2, 0.25) is 0 Å². The average molecular weight is 1200 g/mol. The van der Waals surface area contributed by atoms with Crippen LogP contribution in [0.5, 0.6) is 0 Å². The number of hydrogen-bond acceptors (Lipinski definition) is 0. The van der Waals surface area contributed by atoms with E-state index in [4.69, 9.17) is 0 Å². The summed E-state index contributed by atoms with van der Waals surface area (Å²) in [6.07, 6.45) is 16.0. The van der Waals surface area contributed by atoms with Crippen LogP contribution in [0, 0.1) is 0 Å². The molecule has 0 aromatic heterocycles. The van der Waals surface area contributed by atoms with Crippen molar-refractivity contribution in [2.75, 3.05) is 0 Å². The zero-order valence-electron chi connectivity index (χ0n) is 40.6. The molecule has 0 amide bonds. The van der Waals surface area contributed by atoms with Crippen molar-refractivity contribution in [2.45, 2.75) is 153 Å². The Labute approximate surface area is 411 Å². The van der Waals surface area contributed by atoms with Gasteiger partial charge in [-0.3, -0.25) is 0 Å². The normalized spacial score (nSPS) is 16.9. The minimum absolute atomic E-state index is 0. The van der Waals surface area contributed by atoms with E-state index in [1.165, 1.54) is 55.7 Å². The Morgan fingerprint density at radius 1 is 0.452 bits per heavy atom. The van der Waals surface area contributed by atoms with Crippen LogP contribution in [0.3, 0.4) is 0 Å². The van der Waals surface area contributed by atoms with Gasteiger partial charge in [-0.25, -0.2) is 0 Å². The predicted octanol–water partition coefficient (Wildman–Crippen LogP) is 9.99. The van der Waals surface area contributed by atoms with Gasteiger partial charge in [0.25, 0.3) is 0 Å². The number of allylic oxidation sites excluding steroid dienone is 8. The second-order valence-electron chi connectivity index (χ2n) is 22.3. The summed E-state index contributed by atoms with van der Waals surface area (Å²) in [6.45, 7) is 37.7. The number of rotatable bonds is 4. The quantitative estimate of drug-likeness (QED) is 0.179. The molecule has 0 fully saturated rings. The van der Waals surface area contributed by atoms with Gasteiger partial charge in [-0.15, -0.1) is 0 Å². The van der Waals surface area contributed by atoms with Gasteiger partial charge in [0, 0.05) is 0 Å². The Balaban J connectivity index is 0.000000227. The molecule has 4 aliphatic rings. The molecule has 0 N–H and O–H groups in total. The molecule has 0 spiro atoms. The third-order valence-corrected chi connectivity index (χ3v) is 23.3. The summed E-state index contributed by atoms with van der Waals surface area (Å²) < 4.78 is 4.68. The molecule has 0 nitrogen and oxygen atoms in total. The summed E-state index contributed by atoms with van der Waals surface area (Å²) in [6, 6.07) is 24.4. The van der Waals surface area contributed by atoms with E-state index in [9.17, 15) is 0 Å². The molecule has 4 aromatic rings. The van der Waals surface area contributed by atoms with Crippen molar-refractivity contribution >= 4 is 17.7 Å². The second-order valence-corrected chi connectivity index (χ2v) is 35.7. The van der Waals surface area contributed by atoms with Crippen molar-refractivity contribution in [2.24, 2.45) is 0 Å². The molecular weight excluding hydrogens is 1120 g/mol. The Morgan fingerprint density at radius 3 is 1.06 bits per heavy atom. The summed E-state index contributed by atoms with van der Waals surface area (Å²) in [5, 5.41) is 0. The fourth-order valence-corrected chi connectivity index (χ4v) is 19.9. The first-order chi connectivity index (χ1) is 28.0. The molecule has 0 saturated carbocycles. The Kier molecular flexibility index (Phi) is 15.6. The minimum Gasteiger partial charge on any atom is -1.00 e. The first-order valence-corrected chi connectivity index (χ1v) is 30.2. The van der Waals surface area contributed by atoms with Crippen LogP contribution < -0.4 is 24.8 Å². The van der Waals surface area contributed by atoms with Gasteiger partial charge in [-0.1, -0.05) is 0 Å². The molecule has 62 heavy (non-hydrogen) atoms. The van der Waals surface area contributed by atoms with E-state index >= 15 is 0 Å². The van der Waals surface area contributed by atoms with E-state index in [0.29, 0.717) is 7.35 Å². The maximum Gasteiger partial charge on any atom is -1.00 e. The summed E-state index contributed by atoms with van der Waals surface area (Å²) in [4.78, 5) is 0. The zero-order chi connectivity index (χ0) is 43.7. The molecule has 2 atom stereocenters. The smallest absolute Gasteiger partial charge is 1.00 e. The van der Waals surface area contributed by atoms with Crippen LogP contribution in [-0.4, -0.2) is 6.51 Å². The standard InChI is InChI=1S/2C26H29.2C3H6.2ClH.2Hf/c2*1-25(2,3)19-11-12-20-18(15-19)16-22-21(20)13-14-23(26(4,5)6)24(22)17-9-7-8-10-17;2*1-3-2;;;;/h2*7-9,11-16H,10H2,1-6H3;2*1-2H3;2*1H;;/q;;;;;;2*+1/p-2. The van der Waals surface area contributed by atoms with Crippen molar-refractivity contribution in [3.63, 3.8) is 0 Å². The van der Waals surface area contributed by atoms with E-state index in [1.54, 1.807) is 39.9 Å². The molecule has 0 aliphatic heterocycles. The maximum absolute atomic E-state index is 2.55. The summed E-state index contributed by atoms with van der Waals surface area (Å²) in [7, 11) is 0. The van der Waals surface area contributed by atoms with Gasteiger partial charge in [-0.2, -0.15) is 0 Å². The van der Waals surface area contributed by atoms with Crippen LogP contribution in [0.4, 0.5) is 0 Å². The molecule has 2 unspecified atom stereocenters. The SMILES string of the molecule is C[C](C)=[Hf+][CH]1c2cc(C(C)(C)C)ccc2-c2ccc(C(C)(C)C)c(C3=CC=CC3)c21.C[C](C)=[Hf+][CH]1c2cc(C(C)(C)C)ccc2-c2ccc(C(C)(C)C)c(C3=CC=CC3)c21.[Cl-].[Cl-]. The van der Waals surface area contributed by atoms with Crippen molar-refractivity contribution in [3.8, 4) is 22.3 Å². The van der Waals surface area contributed by atoms with Gasteiger partial charge in [0.15, 0.2) is 0 Å². The van der Waals surface area contributed by atoms with Crippen molar-refractivity contribution in [3.05, 3.63) is 153 Å². The summed E-state index contributed by atoms with van der Waals surface area (Å²) in [5.74, 6) is 0. The van der Waals surface area contributed by atoms with Crippen LogP contribution >= 0.6 is 0 Å². The number of fused-ring (bicyclic) bond motifs is 6. The molecule has 0 bridgehead atoms. The molecule has 0 saturated heterocycles. The van der Waals surface area contributed by atoms with Crippen LogP contribution in [-0.2, 0) is 66.5 Å². The van der Waals surface area contributed by atoms with E-state index in [1.807, 2.05) is 0 Å². The van der Waals surface area contributed by atoms with E-state index in [2.05, 4.69) is 208 Å². The predicted molar refractivity (Wildman–Crippen MR) is 258 cm³/mol. The van der Waals surface area contributed by atoms with E-state index in [0.717, 1.165) is 12.8 Å². The number of hydrogen-bond donors (Lipinski definition) is 0. The van der Waals surface area contributed by atoms with E-state index < -0.39 is 44.8 Å². The number of halogens is 2.